The van der Waals surface area contributed by atoms with Crippen molar-refractivity contribution < 1.29 is 9.59 Å². The van der Waals surface area contributed by atoms with Gasteiger partial charge in [-0.25, -0.2) is 0 Å². The molecule has 0 aromatic heterocycles. The Kier molecular flexibility index (Phi) is 4.35. The molecule has 0 fully saturated rings. The second-order valence-corrected chi connectivity index (χ2v) is 1.92. The molecule has 0 bridgehead atoms. The first-order chi connectivity index (χ1) is 5.20. The molecule has 0 saturated carbocycles. The van der Waals surface area contributed by atoms with E-state index >= 15 is 0 Å². The third-order valence-corrected chi connectivity index (χ3v) is 0.947. The maximum absolute atomic E-state index is 10.6. The molecule has 0 rings (SSSR count). The van der Waals surface area contributed by atoms with Gasteiger partial charge in [-0.15, -0.1) is 0 Å². The summed E-state index contributed by atoms with van der Waals surface area (Å²) in [5, 5.41) is 16.1. The van der Waals surface area contributed by atoms with Gasteiger partial charge in [0.25, 0.3) is 0 Å². The zero-order valence-corrected chi connectivity index (χ0v) is 5.83. The fourth-order valence-corrected chi connectivity index (χ4v) is 0.521. The minimum atomic E-state index is -0.423. The lowest BCUT2D eigenvalue weighted by Crippen LogP contribution is -2.05. The van der Waals surface area contributed by atoms with Gasteiger partial charge in [-0.2, -0.15) is 10.5 Å². The van der Waals surface area contributed by atoms with Gasteiger partial charge in [-0.05, 0) is 0 Å². The number of hydrogen-bond donors (Lipinski definition) is 0. The highest BCUT2D eigenvalue weighted by Crippen LogP contribution is 1.93. The molecule has 0 aromatic carbocycles. The molecular formula is C7H6N2O2. The summed E-state index contributed by atoms with van der Waals surface area (Å²) in [5.74, 6) is -0.847. The van der Waals surface area contributed by atoms with Crippen molar-refractivity contribution in [1.82, 2.24) is 0 Å². The Morgan fingerprint density at radius 1 is 1.00 bits per heavy atom. The molecule has 4 nitrogen and oxygen atoms in total. The van der Waals surface area contributed by atoms with Gasteiger partial charge < -0.3 is 0 Å². The Balaban J connectivity index is 3.71. The average molecular weight is 150 g/mol. The van der Waals surface area contributed by atoms with Crippen LogP contribution in [0.4, 0.5) is 0 Å². The van der Waals surface area contributed by atoms with Crippen molar-refractivity contribution >= 4 is 11.6 Å². The minimum absolute atomic E-state index is 0.253. The van der Waals surface area contributed by atoms with E-state index in [4.69, 9.17) is 10.5 Å². The highest BCUT2D eigenvalue weighted by atomic mass is 16.1. The van der Waals surface area contributed by atoms with E-state index in [2.05, 4.69) is 0 Å². The third-order valence-electron chi connectivity index (χ3n) is 0.947. The largest absolute Gasteiger partial charge is 0.298 e. The van der Waals surface area contributed by atoms with Crippen LogP contribution >= 0.6 is 0 Å². The third kappa shape index (κ3) is 4.80. The molecule has 0 aliphatic heterocycles. The van der Waals surface area contributed by atoms with Gasteiger partial charge in [0.2, 0.25) is 0 Å². The van der Waals surface area contributed by atoms with Crippen LogP contribution in [0.25, 0.3) is 0 Å². The van der Waals surface area contributed by atoms with Crippen molar-refractivity contribution in [2.45, 2.75) is 19.3 Å². The Morgan fingerprint density at radius 2 is 1.36 bits per heavy atom. The van der Waals surface area contributed by atoms with Crippen molar-refractivity contribution in [3.8, 4) is 12.1 Å². The Morgan fingerprint density at radius 3 is 1.64 bits per heavy atom. The first kappa shape index (κ1) is 9.32. The molecule has 0 aromatic rings. The molecule has 0 N–H and O–H groups in total. The molecule has 0 amide bonds. The highest BCUT2D eigenvalue weighted by molar-refractivity contribution is 6.00. The Hall–Kier alpha value is -1.68. The number of Topliss-reactive ketones (excluding diaryl/α,β-unsaturated/α-hetero) is 2. The van der Waals surface area contributed by atoms with Crippen LogP contribution in [0.5, 0.6) is 0 Å². The summed E-state index contributed by atoms with van der Waals surface area (Å²) in [4.78, 5) is 21.2. The van der Waals surface area contributed by atoms with Crippen LogP contribution in [-0.2, 0) is 9.59 Å². The lowest BCUT2D eigenvalue weighted by molar-refractivity contribution is -0.125. The monoisotopic (exact) mass is 150 g/mol. The van der Waals surface area contributed by atoms with Gasteiger partial charge in [0.05, 0.1) is 31.4 Å². The van der Waals surface area contributed by atoms with Crippen molar-refractivity contribution in [3.05, 3.63) is 0 Å². The molecule has 11 heavy (non-hydrogen) atoms. The average Bonchev–Trinajstić information content (AvgIpc) is 1.87. The second kappa shape index (κ2) is 5.13. The standard InChI is InChI=1S/C7H6N2O2/c8-3-1-6(10)5-7(11)2-4-9/h1-2,5H2. The topological polar surface area (TPSA) is 81.7 Å². The first-order valence-corrected chi connectivity index (χ1v) is 2.98. The van der Waals surface area contributed by atoms with Crippen molar-refractivity contribution in [2.24, 2.45) is 0 Å². The van der Waals surface area contributed by atoms with Crippen LogP contribution in [0.1, 0.15) is 19.3 Å². The van der Waals surface area contributed by atoms with Crippen molar-refractivity contribution in [1.29, 1.82) is 10.5 Å². The SMILES string of the molecule is N#CCC(=O)CC(=O)CC#N. The molecular weight excluding hydrogens is 144 g/mol. The fraction of sp³-hybridized carbons (Fsp3) is 0.429. The van der Waals surface area contributed by atoms with E-state index in [0.29, 0.717) is 0 Å². The predicted molar refractivity (Wildman–Crippen MR) is 35.1 cm³/mol. The summed E-state index contributed by atoms with van der Waals surface area (Å²) in [6, 6.07) is 3.26. The summed E-state index contributed by atoms with van der Waals surface area (Å²) in [6.45, 7) is 0. The van der Waals surface area contributed by atoms with Crippen molar-refractivity contribution in [3.63, 3.8) is 0 Å². The zero-order valence-electron chi connectivity index (χ0n) is 5.83. The number of nitriles is 2. The molecule has 0 heterocycles. The van der Waals surface area contributed by atoms with E-state index in [1.54, 1.807) is 12.1 Å². The molecule has 0 saturated heterocycles. The summed E-state index contributed by atoms with van der Waals surface area (Å²) < 4.78 is 0. The Labute approximate surface area is 64.0 Å². The van der Waals surface area contributed by atoms with Crippen LogP contribution in [-0.4, -0.2) is 11.6 Å². The van der Waals surface area contributed by atoms with Gasteiger partial charge in [-0.3, -0.25) is 9.59 Å². The predicted octanol–water partition coefficient (Wildman–Crippen LogP) is 0.342. The van der Waals surface area contributed by atoms with Crippen LogP contribution in [0.2, 0.25) is 0 Å². The Bertz CT molecular complexity index is 218. The second-order valence-electron chi connectivity index (χ2n) is 1.92. The number of hydrogen-bond acceptors (Lipinski definition) is 4. The minimum Gasteiger partial charge on any atom is -0.298 e. The summed E-state index contributed by atoms with van der Waals surface area (Å²) >= 11 is 0. The van der Waals surface area contributed by atoms with Gasteiger partial charge in [0.15, 0.2) is 11.6 Å². The summed E-state index contributed by atoms with van der Waals surface area (Å²) in [6.07, 6.45) is -0.796. The number of carbonyl (C=O) groups excluding carboxylic acids is 2. The lowest BCUT2D eigenvalue weighted by Gasteiger charge is -1.89. The van der Waals surface area contributed by atoms with Crippen LogP contribution < -0.4 is 0 Å². The lowest BCUT2D eigenvalue weighted by atomic mass is 10.1. The van der Waals surface area contributed by atoms with E-state index < -0.39 is 11.6 Å². The molecule has 4 heteroatoms. The van der Waals surface area contributed by atoms with E-state index in [9.17, 15) is 9.59 Å². The van der Waals surface area contributed by atoms with Crippen LogP contribution in [0.3, 0.4) is 0 Å². The zero-order chi connectivity index (χ0) is 8.69. The smallest absolute Gasteiger partial charge is 0.154 e. The molecule has 0 radical (unpaired) electrons. The highest BCUT2D eigenvalue weighted by Gasteiger charge is 2.07. The molecule has 0 spiro atoms. The number of ketones is 2. The van der Waals surface area contributed by atoms with Gasteiger partial charge in [0.1, 0.15) is 0 Å². The van der Waals surface area contributed by atoms with Gasteiger partial charge in [0, 0.05) is 0 Å². The van der Waals surface area contributed by atoms with Crippen LogP contribution in [0.15, 0.2) is 0 Å². The normalized spacial score (nSPS) is 7.82. The van der Waals surface area contributed by atoms with Gasteiger partial charge >= 0.3 is 0 Å². The van der Waals surface area contributed by atoms with E-state index in [1.165, 1.54) is 0 Å². The van der Waals surface area contributed by atoms with Crippen molar-refractivity contribution in [2.75, 3.05) is 0 Å². The molecule has 0 unspecified atom stereocenters. The molecule has 0 atom stereocenters. The summed E-state index contributed by atoms with van der Waals surface area (Å²) in [7, 11) is 0. The fourth-order valence-electron chi connectivity index (χ4n) is 0.521. The maximum atomic E-state index is 10.6. The molecule has 0 aliphatic rings. The number of rotatable bonds is 4. The first-order valence-electron chi connectivity index (χ1n) is 2.98. The van der Waals surface area contributed by atoms with E-state index in [1.807, 2.05) is 0 Å². The quantitative estimate of drug-likeness (QED) is 0.541. The number of carbonyl (C=O) groups is 2. The summed E-state index contributed by atoms with van der Waals surface area (Å²) in [5.41, 5.74) is 0. The van der Waals surface area contributed by atoms with E-state index in [-0.39, 0.29) is 19.3 Å². The molecule has 0 aliphatic carbocycles. The van der Waals surface area contributed by atoms with Gasteiger partial charge in [-0.1, -0.05) is 0 Å². The maximum Gasteiger partial charge on any atom is 0.154 e. The molecule has 56 valence electrons. The van der Waals surface area contributed by atoms with E-state index in [0.717, 1.165) is 0 Å². The number of nitrogens with zero attached hydrogens (tertiary/aromatic N) is 2. The van der Waals surface area contributed by atoms with Crippen LogP contribution in [0, 0.1) is 22.7 Å².